The van der Waals surface area contributed by atoms with Gasteiger partial charge in [0.15, 0.2) is 5.15 Å². The number of rotatable bonds is 1. The summed E-state index contributed by atoms with van der Waals surface area (Å²) in [5, 5.41) is 7.18. The van der Waals surface area contributed by atoms with Crippen LogP contribution in [0.25, 0.3) is 27.5 Å². The Morgan fingerprint density at radius 3 is 2.62 bits per heavy atom. The maximum absolute atomic E-state index is 6.30. The van der Waals surface area contributed by atoms with E-state index in [-0.39, 0.29) is 0 Å². The van der Waals surface area contributed by atoms with Crippen molar-refractivity contribution < 1.29 is 0 Å². The Morgan fingerprint density at radius 2 is 1.81 bits per heavy atom. The number of aromatic nitrogens is 3. The molecular weight excluding hydrogens is 282 g/mol. The van der Waals surface area contributed by atoms with Gasteiger partial charge in [0.1, 0.15) is 5.52 Å². The molecule has 0 radical (unpaired) electrons. The van der Waals surface area contributed by atoms with Gasteiger partial charge in [0.05, 0.1) is 11.2 Å². The Balaban J connectivity index is 2.12. The summed E-state index contributed by atoms with van der Waals surface area (Å²) >= 11 is 6.30. The lowest BCUT2D eigenvalue weighted by Crippen LogP contribution is -1.92. The minimum atomic E-state index is 0.442. The van der Waals surface area contributed by atoms with Gasteiger partial charge in [-0.3, -0.25) is 0 Å². The number of fused-ring (bicyclic) bond motifs is 3. The Labute approximate surface area is 126 Å². The van der Waals surface area contributed by atoms with Gasteiger partial charge in [-0.05, 0) is 30.7 Å². The number of hydrogen-bond donors (Lipinski definition) is 0. The topological polar surface area (TPSA) is 30.7 Å². The smallest absolute Gasteiger partial charge is 0.157 e. The lowest BCUT2D eigenvalue weighted by molar-refractivity contribution is 0.896. The number of para-hydroxylation sites is 1. The summed E-state index contributed by atoms with van der Waals surface area (Å²) in [6.45, 7) is 2.08. The zero-order valence-corrected chi connectivity index (χ0v) is 12.2. The van der Waals surface area contributed by atoms with Crippen LogP contribution >= 0.6 is 11.6 Å². The molecule has 0 bridgehead atoms. The Bertz CT molecular complexity index is 958. The summed E-state index contributed by atoms with van der Waals surface area (Å²) in [6, 6.07) is 16.1. The van der Waals surface area contributed by atoms with E-state index in [2.05, 4.69) is 23.1 Å². The van der Waals surface area contributed by atoms with E-state index in [1.54, 1.807) is 0 Å². The largest absolute Gasteiger partial charge is 0.240 e. The van der Waals surface area contributed by atoms with Crippen LogP contribution in [0.4, 0.5) is 0 Å². The molecule has 2 heterocycles. The van der Waals surface area contributed by atoms with Crippen LogP contribution in [0, 0.1) is 6.92 Å². The maximum atomic E-state index is 6.30. The Hall–Kier alpha value is -2.39. The quantitative estimate of drug-likeness (QED) is 0.483. The van der Waals surface area contributed by atoms with Gasteiger partial charge in [-0.1, -0.05) is 41.9 Å². The first-order valence-corrected chi connectivity index (χ1v) is 7.11. The third kappa shape index (κ3) is 1.89. The fourth-order valence-electron chi connectivity index (χ4n) is 2.68. The third-order valence-corrected chi connectivity index (χ3v) is 3.93. The highest BCUT2D eigenvalue weighted by atomic mass is 35.5. The zero-order chi connectivity index (χ0) is 14.4. The number of pyridine rings is 1. The van der Waals surface area contributed by atoms with Crippen molar-refractivity contribution in [3.05, 3.63) is 65.4 Å². The van der Waals surface area contributed by atoms with Crippen molar-refractivity contribution in [2.75, 3.05) is 0 Å². The van der Waals surface area contributed by atoms with Gasteiger partial charge in [-0.2, -0.15) is 5.10 Å². The summed E-state index contributed by atoms with van der Waals surface area (Å²) in [7, 11) is 0. The van der Waals surface area contributed by atoms with Crippen LogP contribution in [0.1, 0.15) is 5.56 Å². The fourth-order valence-corrected chi connectivity index (χ4v) is 2.91. The molecule has 0 fully saturated rings. The summed E-state index contributed by atoms with van der Waals surface area (Å²) in [5.74, 6) is 0. The van der Waals surface area contributed by atoms with Crippen molar-refractivity contribution in [3.8, 4) is 5.69 Å². The average molecular weight is 294 g/mol. The van der Waals surface area contributed by atoms with Crippen molar-refractivity contribution in [1.29, 1.82) is 0 Å². The molecule has 4 heteroatoms. The van der Waals surface area contributed by atoms with Crippen LogP contribution in [0.3, 0.4) is 0 Å². The molecule has 0 unspecified atom stereocenters. The van der Waals surface area contributed by atoms with E-state index in [9.17, 15) is 0 Å². The normalized spacial score (nSPS) is 11.3. The van der Waals surface area contributed by atoms with E-state index < -0.39 is 0 Å². The molecule has 0 N–H and O–H groups in total. The predicted octanol–water partition coefficient (Wildman–Crippen LogP) is 4.54. The molecule has 21 heavy (non-hydrogen) atoms. The minimum Gasteiger partial charge on any atom is -0.240 e. The zero-order valence-electron chi connectivity index (χ0n) is 11.4. The molecule has 2 aromatic heterocycles. The average Bonchev–Trinajstić information content (AvgIpc) is 2.94. The molecule has 4 rings (SSSR count). The molecule has 102 valence electrons. The third-order valence-electron chi connectivity index (χ3n) is 3.67. The van der Waals surface area contributed by atoms with Gasteiger partial charge in [0.2, 0.25) is 0 Å². The van der Waals surface area contributed by atoms with E-state index in [1.807, 2.05) is 53.3 Å². The molecule has 2 aromatic carbocycles. The van der Waals surface area contributed by atoms with E-state index in [0.29, 0.717) is 5.15 Å². The van der Waals surface area contributed by atoms with Gasteiger partial charge in [-0.25, -0.2) is 9.67 Å². The van der Waals surface area contributed by atoms with Gasteiger partial charge >= 0.3 is 0 Å². The van der Waals surface area contributed by atoms with E-state index in [4.69, 9.17) is 11.6 Å². The highest BCUT2D eigenvalue weighted by Crippen LogP contribution is 2.30. The van der Waals surface area contributed by atoms with E-state index in [1.165, 1.54) is 5.56 Å². The number of benzene rings is 2. The van der Waals surface area contributed by atoms with Crippen LogP contribution in [0.2, 0.25) is 5.15 Å². The molecule has 3 nitrogen and oxygen atoms in total. The van der Waals surface area contributed by atoms with E-state index >= 15 is 0 Å². The summed E-state index contributed by atoms with van der Waals surface area (Å²) in [4.78, 5) is 4.46. The van der Waals surface area contributed by atoms with Crippen LogP contribution in [-0.4, -0.2) is 14.8 Å². The van der Waals surface area contributed by atoms with Gasteiger partial charge in [0.25, 0.3) is 0 Å². The predicted molar refractivity (Wildman–Crippen MR) is 86.1 cm³/mol. The molecule has 0 saturated heterocycles. The molecule has 0 saturated carbocycles. The molecule has 0 amide bonds. The number of halogens is 1. The molecule has 0 atom stereocenters. The number of hydrogen-bond acceptors (Lipinski definition) is 2. The first-order valence-electron chi connectivity index (χ1n) is 6.73. The first kappa shape index (κ1) is 12.4. The van der Waals surface area contributed by atoms with Crippen LogP contribution in [0.5, 0.6) is 0 Å². The van der Waals surface area contributed by atoms with Crippen molar-refractivity contribution in [1.82, 2.24) is 14.8 Å². The highest BCUT2D eigenvalue weighted by molar-refractivity contribution is 6.35. The summed E-state index contributed by atoms with van der Waals surface area (Å²) in [6.07, 6.45) is 2.02. The molecule has 0 aliphatic rings. The van der Waals surface area contributed by atoms with E-state index in [0.717, 1.165) is 27.5 Å². The molecular formula is C17H12ClN3. The van der Waals surface area contributed by atoms with Crippen molar-refractivity contribution >= 4 is 33.4 Å². The molecule has 4 aromatic rings. The van der Waals surface area contributed by atoms with Crippen molar-refractivity contribution in [2.45, 2.75) is 6.92 Å². The maximum Gasteiger partial charge on any atom is 0.157 e. The fraction of sp³-hybridized carbons (Fsp3) is 0.0588. The Kier molecular flexibility index (Phi) is 2.69. The van der Waals surface area contributed by atoms with Crippen LogP contribution in [0.15, 0.2) is 54.7 Å². The number of aryl methyl sites for hydroxylation is 1. The minimum absolute atomic E-state index is 0.442. The van der Waals surface area contributed by atoms with Crippen LogP contribution in [-0.2, 0) is 0 Å². The number of nitrogens with zero attached hydrogens (tertiary/aromatic N) is 3. The summed E-state index contributed by atoms with van der Waals surface area (Å²) < 4.78 is 1.85. The molecule has 0 aliphatic heterocycles. The lowest BCUT2D eigenvalue weighted by Gasteiger charge is -2.02. The standard InChI is InChI=1S/C17H12ClN3/c1-11-6-5-9-14-15(11)13-10-21(12-7-3-2-4-8-12)20-16(13)17(18)19-14/h2-10H,1H3. The second kappa shape index (κ2) is 4.57. The molecule has 0 spiro atoms. The molecule has 0 aliphatic carbocycles. The monoisotopic (exact) mass is 293 g/mol. The van der Waals surface area contributed by atoms with Crippen molar-refractivity contribution in [3.63, 3.8) is 0 Å². The van der Waals surface area contributed by atoms with Crippen LogP contribution < -0.4 is 0 Å². The highest BCUT2D eigenvalue weighted by Gasteiger charge is 2.13. The van der Waals surface area contributed by atoms with Crippen molar-refractivity contribution in [2.24, 2.45) is 0 Å². The lowest BCUT2D eigenvalue weighted by atomic mass is 10.1. The summed E-state index contributed by atoms with van der Waals surface area (Å²) in [5.41, 5.74) is 3.82. The SMILES string of the molecule is Cc1cccc2nc(Cl)c3nn(-c4ccccc4)cc3c12. The second-order valence-electron chi connectivity index (χ2n) is 5.04. The van der Waals surface area contributed by atoms with Gasteiger partial charge in [-0.15, -0.1) is 0 Å². The van der Waals surface area contributed by atoms with Gasteiger partial charge < -0.3 is 0 Å². The Morgan fingerprint density at radius 1 is 1.00 bits per heavy atom. The second-order valence-corrected chi connectivity index (χ2v) is 5.40. The first-order chi connectivity index (χ1) is 10.2. The van der Waals surface area contributed by atoms with Gasteiger partial charge in [0, 0.05) is 17.0 Å².